The monoisotopic (exact) mass is 222 g/mol. The first-order chi connectivity index (χ1) is 7.24. The Morgan fingerprint density at radius 1 is 1.67 bits per heavy atom. The molecule has 1 aromatic rings. The second kappa shape index (κ2) is 3.08. The zero-order valence-corrected chi connectivity index (χ0v) is 9.76. The summed E-state index contributed by atoms with van der Waals surface area (Å²) in [6.07, 6.45) is 1.10. The van der Waals surface area contributed by atoms with Crippen LogP contribution in [0.2, 0.25) is 0 Å². The summed E-state index contributed by atoms with van der Waals surface area (Å²) in [6, 6.07) is 0. The highest BCUT2D eigenvalue weighted by Gasteiger charge is 2.54. The molecule has 1 heterocycles. The van der Waals surface area contributed by atoms with Crippen LogP contribution in [0.1, 0.15) is 40.6 Å². The number of carbonyl (C=O) groups is 1. The van der Waals surface area contributed by atoms with Crippen molar-refractivity contribution in [2.75, 3.05) is 6.61 Å². The van der Waals surface area contributed by atoms with Crippen molar-refractivity contribution >= 4 is 17.3 Å². The van der Waals surface area contributed by atoms with Crippen LogP contribution in [0.4, 0.5) is 0 Å². The number of fused-ring (bicyclic) bond motifs is 3. The van der Waals surface area contributed by atoms with Crippen LogP contribution in [-0.4, -0.2) is 12.6 Å². The maximum atomic E-state index is 11.7. The van der Waals surface area contributed by atoms with Crippen molar-refractivity contribution in [2.24, 2.45) is 11.8 Å². The van der Waals surface area contributed by atoms with Gasteiger partial charge >= 0.3 is 5.97 Å². The van der Waals surface area contributed by atoms with Crippen molar-refractivity contribution in [3.8, 4) is 0 Å². The molecule has 0 N–H and O–H groups in total. The van der Waals surface area contributed by atoms with E-state index >= 15 is 0 Å². The lowest BCUT2D eigenvalue weighted by Gasteiger charge is -2.03. The Kier molecular flexibility index (Phi) is 1.93. The SMILES string of the molecule is CCOC(=O)c1scc2c1CC1C(C)C21. The summed E-state index contributed by atoms with van der Waals surface area (Å²) in [4.78, 5) is 12.5. The van der Waals surface area contributed by atoms with E-state index in [1.165, 1.54) is 11.1 Å². The van der Waals surface area contributed by atoms with E-state index < -0.39 is 0 Å². The van der Waals surface area contributed by atoms with Gasteiger partial charge in [0.05, 0.1) is 6.61 Å². The number of carbonyl (C=O) groups excluding carboxylic acids is 1. The smallest absolute Gasteiger partial charge is 0.348 e. The predicted octanol–water partition coefficient (Wildman–Crippen LogP) is 2.83. The van der Waals surface area contributed by atoms with Gasteiger partial charge in [-0.25, -0.2) is 4.79 Å². The third-order valence-corrected chi connectivity index (χ3v) is 4.77. The molecule has 1 fully saturated rings. The average Bonchev–Trinajstić information content (AvgIpc) is 2.63. The Morgan fingerprint density at radius 2 is 2.47 bits per heavy atom. The number of esters is 1. The largest absolute Gasteiger partial charge is 0.462 e. The van der Waals surface area contributed by atoms with E-state index in [2.05, 4.69) is 12.3 Å². The van der Waals surface area contributed by atoms with Crippen molar-refractivity contribution in [1.29, 1.82) is 0 Å². The normalized spacial score (nSPS) is 30.9. The quantitative estimate of drug-likeness (QED) is 0.719. The third-order valence-electron chi connectivity index (χ3n) is 3.75. The van der Waals surface area contributed by atoms with Gasteiger partial charge in [-0.2, -0.15) is 0 Å². The molecule has 3 rings (SSSR count). The molecule has 2 aliphatic carbocycles. The summed E-state index contributed by atoms with van der Waals surface area (Å²) in [5.41, 5.74) is 2.71. The highest BCUT2D eigenvalue weighted by molar-refractivity contribution is 7.12. The lowest BCUT2D eigenvalue weighted by Crippen LogP contribution is -2.05. The van der Waals surface area contributed by atoms with Crippen LogP contribution < -0.4 is 0 Å². The standard InChI is InChI=1S/C12H14O2S/c1-3-14-12(13)11-8-4-7-6(2)10(7)9(8)5-15-11/h5-7,10H,3-4H2,1-2H3. The van der Waals surface area contributed by atoms with Crippen LogP contribution in [0.25, 0.3) is 0 Å². The number of hydrogen-bond acceptors (Lipinski definition) is 3. The molecule has 15 heavy (non-hydrogen) atoms. The van der Waals surface area contributed by atoms with Gasteiger partial charge in [-0.05, 0) is 47.6 Å². The molecule has 1 saturated carbocycles. The first-order valence-corrected chi connectivity index (χ1v) is 6.39. The van der Waals surface area contributed by atoms with Gasteiger partial charge in [0.25, 0.3) is 0 Å². The maximum absolute atomic E-state index is 11.7. The molecule has 0 spiro atoms. The Morgan fingerprint density at radius 3 is 3.20 bits per heavy atom. The molecule has 3 atom stereocenters. The zero-order chi connectivity index (χ0) is 10.6. The van der Waals surface area contributed by atoms with Crippen LogP contribution in [0, 0.1) is 11.8 Å². The minimum atomic E-state index is -0.127. The van der Waals surface area contributed by atoms with E-state index in [0.29, 0.717) is 6.61 Å². The van der Waals surface area contributed by atoms with Gasteiger partial charge in [-0.3, -0.25) is 0 Å². The Bertz CT molecular complexity index is 421. The first-order valence-electron chi connectivity index (χ1n) is 5.51. The Hall–Kier alpha value is -0.830. The predicted molar refractivity (Wildman–Crippen MR) is 59.4 cm³/mol. The van der Waals surface area contributed by atoms with Crippen molar-refractivity contribution in [1.82, 2.24) is 0 Å². The topological polar surface area (TPSA) is 26.3 Å². The van der Waals surface area contributed by atoms with Crippen molar-refractivity contribution in [3.05, 3.63) is 21.4 Å². The van der Waals surface area contributed by atoms with E-state index in [0.717, 1.165) is 29.1 Å². The molecule has 0 bridgehead atoms. The summed E-state index contributed by atoms with van der Waals surface area (Å²) in [6.45, 7) is 4.63. The second-order valence-electron chi connectivity index (χ2n) is 4.47. The maximum Gasteiger partial charge on any atom is 0.348 e. The molecule has 3 heteroatoms. The van der Waals surface area contributed by atoms with E-state index in [9.17, 15) is 4.79 Å². The number of thiophene rings is 1. The van der Waals surface area contributed by atoms with Crippen LogP contribution in [0.15, 0.2) is 5.38 Å². The molecule has 0 saturated heterocycles. The Balaban J connectivity index is 1.91. The first kappa shape index (κ1) is 9.40. The van der Waals surface area contributed by atoms with Gasteiger partial charge in [0.15, 0.2) is 0 Å². The summed E-state index contributed by atoms with van der Waals surface area (Å²) in [5.74, 6) is 2.27. The number of ether oxygens (including phenoxy) is 1. The van der Waals surface area contributed by atoms with Gasteiger partial charge in [0, 0.05) is 0 Å². The van der Waals surface area contributed by atoms with Crippen molar-refractivity contribution in [3.63, 3.8) is 0 Å². The van der Waals surface area contributed by atoms with Gasteiger partial charge in [0.1, 0.15) is 4.88 Å². The Labute approximate surface area is 93.3 Å². The van der Waals surface area contributed by atoms with Crippen molar-refractivity contribution in [2.45, 2.75) is 26.2 Å². The molecule has 0 amide bonds. The third kappa shape index (κ3) is 1.19. The molecule has 0 aromatic carbocycles. The van der Waals surface area contributed by atoms with Gasteiger partial charge in [0.2, 0.25) is 0 Å². The second-order valence-corrected chi connectivity index (χ2v) is 5.35. The molecule has 3 unspecified atom stereocenters. The van der Waals surface area contributed by atoms with Crippen LogP contribution >= 0.6 is 11.3 Å². The fourth-order valence-electron chi connectivity index (χ4n) is 2.86. The number of hydrogen-bond donors (Lipinski definition) is 0. The van der Waals surface area contributed by atoms with Crippen molar-refractivity contribution < 1.29 is 9.53 Å². The van der Waals surface area contributed by atoms with Crippen LogP contribution in [-0.2, 0) is 11.2 Å². The number of rotatable bonds is 2. The van der Waals surface area contributed by atoms with Crippen LogP contribution in [0.3, 0.4) is 0 Å². The molecule has 2 aliphatic rings. The highest BCUT2D eigenvalue weighted by atomic mass is 32.1. The lowest BCUT2D eigenvalue weighted by molar-refractivity contribution is 0.0531. The van der Waals surface area contributed by atoms with Gasteiger partial charge in [-0.15, -0.1) is 11.3 Å². The van der Waals surface area contributed by atoms with E-state index in [1.54, 1.807) is 11.3 Å². The summed E-state index contributed by atoms with van der Waals surface area (Å²) < 4.78 is 5.06. The zero-order valence-electron chi connectivity index (χ0n) is 8.95. The van der Waals surface area contributed by atoms with E-state index in [-0.39, 0.29) is 5.97 Å². The van der Waals surface area contributed by atoms with Crippen LogP contribution in [0.5, 0.6) is 0 Å². The summed E-state index contributed by atoms with van der Waals surface area (Å²) >= 11 is 1.56. The van der Waals surface area contributed by atoms with Gasteiger partial charge < -0.3 is 4.74 Å². The molecule has 1 aromatic heterocycles. The molecule has 2 nitrogen and oxygen atoms in total. The average molecular weight is 222 g/mol. The van der Waals surface area contributed by atoms with E-state index in [4.69, 9.17) is 4.74 Å². The fourth-order valence-corrected chi connectivity index (χ4v) is 3.90. The molecule has 0 aliphatic heterocycles. The summed E-state index contributed by atoms with van der Waals surface area (Å²) in [7, 11) is 0. The minimum Gasteiger partial charge on any atom is -0.462 e. The molecular weight excluding hydrogens is 208 g/mol. The molecular formula is C12H14O2S. The fraction of sp³-hybridized carbons (Fsp3) is 0.583. The minimum absolute atomic E-state index is 0.127. The summed E-state index contributed by atoms with van der Waals surface area (Å²) in [5, 5.41) is 2.16. The highest BCUT2D eigenvalue weighted by Crippen LogP contribution is 2.62. The molecule has 80 valence electrons. The molecule has 0 radical (unpaired) electrons. The van der Waals surface area contributed by atoms with Gasteiger partial charge in [-0.1, -0.05) is 6.92 Å². The lowest BCUT2D eigenvalue weighted by atomic mass is 10.1. The van der Waals surface area contributed by atoms with E-state index in [1.807, 2.05) is 6.92 Å².